The van der Waals surface area contributed by atoms with Crippen LogP contribution in [-0.4, -0.2) is 10.1 Å². The van der Waals surface area contributed by atoms with Crippen LogP contribution in [0.1, 0.15) is 18.6 Å². The van der Waals surface area contributed by atoms with Crippen molar-refractivity contribution in [2.24, 2.45) is 0 Å². The summed E-state index contributed by atoms with van der Waals surface area (Å²) in [5.74, 6) is 1.47. The monoisotopic (exact) mass is 343 g/mol. The molecule has 0 bridgehead atoms. The van der Waals surface area contributed by atoms with Gasteiger partial charge in [0.2, 0.25) is 0 Å². The van der Waals surface area contributed by atoms with Crippen LogP contribution in [0.4, 0.5) is 0 Å². The number of hydrogen-bond acceptors (Lipinski definition) is 3. The smallest absolute Gasteiger partial charge is 0.136 e. The maximum atomic E-state index is 9.65. The minimum atomic E-state index is -0.518. The van der Waals surface area contributed by atoms with Crippen LogP contribution in [0.25, 0.3) is 10.9 Å². The number of benzene rings is 2. The van der Waals surface area contributed by atoms with Gasteiger partial charge >= 0.3 is 0 Å². The number of aromatic nitrogens is 1. The second kappa shape index (κ2) is 5.84. The number of nitrogens with zero attached hydrogens (tertiary/aromatic N) is 1. The average molecular weight is 344 g/mol. The van der Waals surface area contributed by atoms with Gasteiger partial charge in [0.25, 0.3) is 0 Å². The zero-order valence-electron chi connectivity index (χ0n) is 11.5. The van der Waals surface area contributed by atoms with Crippen molar-refractivity contribution >= 4 is 26.8 Å². The van der Waals surface area contributed by atoms with E-state index in [-0.39, 0.29) is 0 Å². The quantitative estimate of drug-likeness (QED) is 0.739. The summed E-state index contributed by atoms with van der Waals surface area (Å²) in [6.07, 6.45) is 1.25. The van der Waals surface area contributed by atoms with Gasteiger partial charge in [-0.05, 0) is 48.9 Å². The lowest BCUT2D eigenvalue weighted by Crippen LogP contribution is -1.93. The maximum Gasteiger partial charge on any atom is 0.136 e. The molecule has 3 aromatic rings. The van der Waals surface area contributed by atoms with Crippen LogP contribution >= 0.6 is 15.9 Å². The van der Waals surface area contributed by atoms with Crippen molar-refractivity contribution in [2.75, 3.05) is 0 Å². The van der Waals surface area contributed by atoms with Crippen molar-refractivity contribution in [2.45, 2.75) is 13.0 Å². The Morgan fingerprint density at radius 3 is 2.76 bits per heavy atom. The number of hydrogen-bond donors (Lipinski definition) is 1. The molecule has 0 aliphatic rings. The van der Waals surface area contributed by atoms with Gasteiger partial charge in [-0.2, -0.15) is 0 Å². The molecule has 1 atom stereocenters. The van der Waals surface area contributed by atoms with Gasteiger partial charge in [0.15, 0.2) is 0 Å². The van der Waals surface area contributed by atoms with Gasteiger partial charge < -0.3 is 9.84 Å². The largest absolute Gasteiger partial charge is 0.457 e. The van der Waals surface area contributed by atoms with E-state index in [9.17, 15) is 5.11 Å². The standard InChI is InChI=1S/C17H14BrNO2/c1-11(20)13-8-7-12(10-15(13)18)21-17-6-2-5-16-14(17)4-3-9-19-16/h2-11,20H,1H3. The fraction of sp³-hybridized carbons (Fsp3) is 0.118. The molecule has 106 valence electrons. The maximum absolute atomic E-state index is 9.65. The summed E-state index contributed by atoms with van der Waals surface area (Å²) in [7, 11) is 0. The highest BCUT2D eigenvalue weighted by molar-refractivity contribution is 9.10. The summed E-state index contributed by atoms with van der Waals surface area (Å²) in [5, 5.41) is 10.6. The van der Waals surface area contributed by atoms with Crippen molar-refractivity contribution in [1.82, 2.24) is 4.98 Å². The SMILES string of the molecule is CC(O)c1ccc(Oc2cccc3ncccc23)cc1Br. The molecule has 0 saturated carbocycles. The third-order valence-corrected chi connectivity index (χ3v) is 3.94. The van der Waals surface area contributed by atoms with Gasteiger partial charge in [0.05, 0.1) is 11.6 Å². The minimum Gasteiger partial charge on any atom is -0.457 e. The lowest BCUT2D eigenvalue weighted by atomic mass is 10.1. The van der Waals surface area contributed by atoms with Crippen molar-refractivity contribution in [3.63, 3.8) is 0 Å². The molecule has 0 radical (unpaired) electrons. The van der Waals surface area contributed by atoms with E-state index >= 15 is 0 Å². The van der Waals surface area contributed by atoms with Gasteiger partial charge in [0.1, 0.15) is 11.5 Å². The third-order valence-electron chi connectivity index (χ3n) is 3.26. The van der Waals surface area contributed by atoms with Crippen LogP contribution in [0.5, 0.6) is 11.5 Å². The van der Waals surface area contributed by atoms with E-state index in [0.717, 1.165) is 26.7 Å². The van der Waals surface area contributed by atoms with E-state index < -0.39 is 6.10 Å². The lowest BCUT2D eigenvalue weighted by molar-refractivity contribution is 0.198. The molecule has 4 heteroatoms. The van der Waals surface area contributed by atoms with Crippen molar-refractivity contribution in [3.8, 4) is 11.5 Å². The van der Waals surface area contributed by atoms with Gasteiger partial charge in [-0.15, -0.1) is 0 Å². The molecule has 1 N–H and O–H groups in total. The zero-order chi connectivity index (χ0) is 14.8. The van der Waals surface area contributed by atoms with E-state index in [1.54, 1.807) is 13.1 Å². The first kappa shape index (κ1) is 14.0. The van der Waals surface area contributed by atoms with Crippen LogP contribution in [0, 0.1) is 0 Å². The van der Waals surface area contributed by atoms with E-state index in [2.05, 4.69) is 20.9 Å². The molecule has 3 rings (SSSR count). The fourth-order valence-corrected chi connectivity index (χ4v) is 2.89. The number of halogens is 1. The highest BCUT2D eigenvalue weighted by Gasteiger charge is 2.09. The summed E-state index contributed by atoms with van der Waals surface area (Å²) in [4.78, 5) is 4.32. The molecule has 1 heterocycles. The Balaban J connectivity index is 1.97. The van der Waals surface area contributed by atoms with Crippen LogP contribution in [0.3, 0.4) is 0 Å². The molecular formula is C17H14BrNO2. The lowest BCUT2D eigenvalue weighted by Gasteiger charge is -2.12. The van der Waals surface area contributed by atoms with Gasteiger partial charge in [-0.1, -0.05) is 28.1 Å². The van der Waals surface area contributed by atoms with E-state index in [1.807, 2.05) is 48.5 Å². The molecule has 21 heavy (non-hydrogen) atoms. The minimum absolute atomic E-state index is 0.518. The topological polar surface area (TPSA) is 42.4 Å². The number of aliphatic hydroxyl groups excluding tert-OH is 1. The Bertz CT molecular complexity index is 781. The third kappa shape index (κ3) is 2.91. The molecule has 0 fully saturated rings. The van der Waals surface area contributed by atoms with Gasteiger partial charge in [0, 0.05) is 16.1 Å². The van der Waals surface area contributed by atoms with Crippen LogP contribution in [0.15, 0.2) is 59.2 Å². The summed E-state index contributed by atoms with van der Waals surface area (Å²) in [6.45, 7) is 1.73. The summed E-state index contributed by atoms with van der Waals surface area (Å²) in [6, 6.07) is 15.2. The van der Waals surface area contributed by atoms with Gasteiger partial charge in [-0.25, -0.2) is 0 Å². The first-order chi connectivity index (χ1) is 10.1. The Labute approximate surface area is 131 Å². The Hall–Kier alpha value is -1.91. The Morgan fingerprint density at radius 2 is 2.00 bits per heavy atom. The van der Waals surface area contributed by atoms with Crippen LogP contribution in [0.2, 0.25) is 0 Å². The number of fused-ring (bicyclic) bond motifs is 1. The van der Waals surface area contributed by atoms with Crippen molar-refractivity contribution in [1.29, 1.82) is 0 Å². The molecule has 2 aromatic carbocycles. The zero-order valence-corrected chi connectivity index (χ0v) is 13.0. The van der Waals surface area contributed by atoms with E-state index in [0.29, 0.717) is 5.75 Å². The van der Waals surface area contributed by atoms with E-state index in [1.165, 1.54) is 0 Å². The number of rotatable bonds is 3. The Morgan fingerprint density at radius 1 is 1.14 bits per heavy atom. The second-order valence-corrected chi connectivity index (χ2v) is 5.64. The molecule has 0 saturated heterocycles. The second-order valence-electron chi connectivity index (χ2n) is 4.79. The Kier molecular flexibility index (Phi) is 3.90. The molecule has 1 aromatic heterocycles. The molecular weight excluding hydrogens is 330 g/mol. The van der Waals surface area contributed by atoms with Crippen LogP contribution < -0.4 is 4.74 Å². The molecule has 0 aliphatic heterocycles. The predicted octanol–water partition coefficient (Wildman–Crippen LogP) is 4.84. The van der Waals surface area contributed by atoms with Crippen molar-refractivity contribution in [3.05, 3.63) is 64.8 Å². The highest BCUT2D eigenvalue weighted by Crippen LogP contribution is 2.32. The van der Waals surface area contributed by atoms with Gasteiger partial charge in [-0.3, -0.25) is 4.98 Å². The summed E-state index contributed by atoms with van der Waals surface area (Å²) < 4.78 is 6.78. The normalized spacial score (nSPS) is 12.3. The number of ether oxygens (including phenoxy) is 1. The fourth-order valence-electron chi connectivity index (χ4n) is 2.20. The molecule has 3 nitrogen and oxygen atoms in total. The van der Waals surface area contributed by atoms with Crippen molar-refractivity contribution < 1.29 is 9.84 Å². The molecule has 0 aliphatic carbocycles. The first-order valence-corrected chi connectivity index (χ1v) is 7.43. The molecule has 0 spiro atoms. The van der Waals surface area contributed by atoms with E-state index in [4.69, 9.17) is 4.74 Å². The predicted molar refractivity (Wildman–Crippen MR) is 86.6 cm³/mol. The summed E-state index contributed by atoms with van der Waals surface area (Å²) >= 11 is 3.46. The number of pyridine rings is 1. The highest BCUT2D eigenvalue weighted by atomic mass is 79.9. The first-order valence-electron chi connectivity index (χ1n) is 6.64. The van der Waals surface area contributed by atoms with Crippen LogP contribution in [-0.2, 0) is 0 Å². The number of aliphatic hydroxyl groups is 1. The average Bonchev–Trinajstić information content (AvgIpc) is 2.47. The molecule has 1 unspecified atom stereocenters. The molecule has 0 amide bonds. The summed E-state index contributed by atoms with van der Waals surface area (Å²) in [5.41, 5.74) is 1.73.